The van der Waals surface area contributed by atoms with Crippen molar-refractivity contribution in [3.05, 3.63) is 71.8 Å². The molecule has 0 aromatic heterocycles. The molecule has 0 spiro atoms. The minimum Gasteiger partial charge on any atom is -0.313 e. The summed E-state index contributed by atoms with van der Waals surface area (Å²) in [4.78, 5) is 17.1. The van der Waals surface area contributed by atoms with E-state index in [1.807, 2.05) is 67.6 Å². The van der Waals surface area contributed by atoms with Gasteiger partial charge in [-0.15, -0.1) is 0 Å². The molecule has 0 aliphatic carbocycles. The highest BCUT2D eigenvalue weighted by atomic mass is 16.2. The van der Waals surface area contributed by atoms with E-state index in [2.05, 4.69) is 10.3 Å². The van der Waals surface area contributed by atoms with Crippen LogP contribution in [0.1, 0.15) is 18.1 Å². The number of carbonyl (C=O) groups excluding carboxylic acids is 1. The lowest BCUT2D eigenvalue weighted by Crippen LogP contribution is -2.43. The summed E-state index contributed by atoms with van der Waals surface area (Å²) in [7, 11) is 0. The summed E-state index contributed by atoms with van der Waals surface area (Å²) in [6.45, 7) is 1.84. The third kappa shape index (κ3) is 2.87. The minimum absolute atomic E-state index is 0.00675. The van der Waals surface area contributed by atoms with Gasteiger partial charge in [0.1, 0.15) is 11.4 Å². The fourth-order valence-corrected chi connectivity index (χ4v) is 2.85. The molecule has 0 saturated carbocycles. The van der Waals surface area contributed by atoms with Crippen molar-refractivity contribution in [3.63, 3.8) is 0 Å². The van der Waals surface area contributed by atoms with Crippen LogP contribution in [0, 0.1) is 0 Å². The molecule has 1 amide bonds. The maximum atomic E-state index is 12.5. The summed E-state index contributed by atoms with van der Waals surface area (Å²) in [5.41, 5.74) is 1.52. The third-order valence-electron chi connectivity index (χ3n) is 3.78. The first-order valence-corrected chi connectivity index (χ1v) is 7.14. The minimum atomic E-state index is -0.729. The molecule has 3 heteroatoms. The first-order chi connectivity index (χ1) is 10.2. The van der Waals surface area contributed by atoms with Crippen molar-refractivity contribution < 1.29 is 4.79 Å². The fourth-order valence-electron chi connectivity index (χ4n) is 2.85. The highest BCUT2D eigenvalue weighted by Crippen LogP contribution is 2.27. The van der Waals surface area contributed by atoms with E-state index in [0.717, 1.165) is 11.1 Å². The molecule has 21 heavy (non-hydrogen) atoms. The zero-order valence-electron chi connectivity index (χ0n) is 12.0. The van der Waals surface area contributed by atoms with Gasteiger partial charge < -0.3 is 5.32 Å². The van der Waals surface area contributed by atoms with E-state index in [1.165, 1.54) is 0 Å². The van der Waals surface area contributed by atoms with Gasteiger partial charge in [0, 0.05) is 12.8 Å². The molecule has 1 N–H and O–H groups in total. The maximum absolute atomic E-state index is 12.5. The second-order valence-corrected chi connectivity index (χ2v) is 5.51. The number of nitrogens with zero attached hydrogens (tertiary/aromatic N) is 1. The average molecular weight is 278 g/mol. The number of amidine groups is 1. The molecule has 2 aromatic carbocycles. The molecular weight excluding hydrogens is 260 g/mol. The number of carbonyl (C=O) groups is 1. The molecule has 1 aliphatic rings. The number of hydrogen-bond donors (Lipinski definition) is 1. The predicted octanol–water partition coefficient (Wildman–Crippen LogP) is 2.76. The predicted molar refractivity (Wildman–Crippen MR) is 84.3 cm³/mol. The average Bonchev–Trinajstić information content (AvgIpc) is 2.75. The quantitative estimate of drug-likeness (QED) is 0.918. The number of rotatable bonds is 4. The molecule has 0 fully saturated rings. The Morgan fingerprint density at radius 2 is 1.38 bits per heavy atom. The van der Waals surface area contributed by atoms with Crippen molar-refractivity contribution >= 4 is 11.7 Å². The Morgan fingerprint density at radius 3 is 1.76 bits per heavy atom. The van der Waals surface area contributed by atoms with Crippen molar-refractivity contribution in [2.24, 2.45) is 4.99 Å². The molecule has 1 heterocycles. The smallest absolute Gasteiger partial charge is 0.253 e. The van der Waals surface area contributed by atoms with Crippen molar-refractivity contribution in [2.75, 3.05) is 0 Å². The van der Waals surface area contributed by atoms with Gasteiger partial charge in [-0.25, -0.2) is 0 Å². The molecule has 0 saturated heterocycles. The van der Waals surface area contributed by atoms with Gasteiger partial charge in [-0.3, -0.25) is 9.79 Å². The number of nitrogens with one attached hydrogen (secondary N) is 1. The van der Waals surface area contributed by atoms with E-state index in [1.54, 1.807) is 0 Å². The van der Waals surface area contributed by atoms with E-state index in [0.29, 0.717) is 18.7 Å². The van der Waals surface area contributed by atoms with Gasteiger partial charge in [0.15, 0.2) is 0 Å². The van der Waals surface area contributed by atoms with Crippen molar-refractivity contribution in [1.82, 2.24) is 5.32 Å². The van der Waals surface area contributed by atoms with Crippen LogP contribution in [0.4, 0.5) is 0 Å². The number of amides is 1. The summed E-state index contributed by atoms with van der Waals surface area (Å²) in [5.74, 6) is 0.694. The van der Waals surface area contributed by atoms with Gasteiger partial charge >= 0.3 is 0 Å². The summed E-state index contributed by atoms with van der Waals surface area (Å²) in [6.07, 6.45) is 1.23. The number of aliphatic imine (C=N–C) groups is 1. The Hall–Kier alpha value is -2.42. The first kappa shape index (κ1) is 13.6. The van der Waals surface area contributed by atoms with Gasteiger partial charge in [0.05, 0.1) is 0 Å². The SMILES string of the molecule is CC1=NC(Cc2ccccc2)(Cc2ccccc2)C(=O)N1. The van der Waals surface area contributed by atoms with Crippen LogP contribution in [-0.4, -0.2) is 17.3 Å². The van der Waals surface area contributed by atoms with E-state index >= 15 is 0 Å². The molecule has 3 rings (SSSR count). The van der Waals surface area contributed by atoms with Crippen molar-refractivity contribution in [2.45, 2.75) is 25.3 Å². The normalized spacial score (nSPS) is 16.4. The van der Waals surface area contributed by atoms with Gasteiger partial charge in [-0.05, 0) is 18.1 Å². The summed E-state index contributed by atoms with van der Waals surface area (Å²) >= 11 is 0. The Labute approximate surface area is 124 Å². The van der Waals surface area contributed by atoms with Crippen LogP contribution in [0.5, 0.6) is 0 Å². The first-order valence-electron chi connectivity index (χ1n) is 7.14. The van der Waals surface area contributed by atoms with Crippen molar-refractivity contribution in [1.29, 1.82) is 0 Å². The van der Waals surface area contributed by atoms with Crippen LogP contribution in [0.2, 0.25) is 0 Å². The Kier molecular flexibility index (Phi) is 3.57. The van der Waals surface area contributed by atoms with Gasteiger partial charge in [0.25, 0.3) is 5.91 Å². The van der Waals surface area contributed by atoms with E-state index in [9.17, 15) is 4.79 Å². The van der Waals surface area contributed by atoms with Crippen LogP contribution >= 0.6 is 0 Å². The van der Waals surface area contributed by atoms with Gasteiger partial charge in [0.2, 0.25) is 0 Å². The Morgan fingerprint density at radius 1 is 0.905 bits per heavy atom. The lowest BCUT2D eigenvalue weighted by Gasteiger charge is -2.24. The summed E-state index contributed by atoms with van der Waals surface area (Å²) < 4.78 is 0. The fraction of sp³-hybridized carbons (Fsp3) is 0.222. The van der Waals surface area contributed by atoms with Crippen LogP contribution < -0.4 is 5.32 Å². The van der Waals surface area contributed by atoms with Crippen LogP contribution in [0.15, 0.2) is 65.7 Å². The summed E-state index contributed by atoms with van der Waals surface area (Å²) in [5, 5.41) is 2.86. The van der Waals surface area contributed by atoms with Crippen molar-refractivity contribution in [3.8, 4) is 0 Å². The highest BCUT2D eigenvalue weighted by molar-refractivity contribution is 6.07. The molecule has 0 radical (unpaired) electrons. The van der Waals surface area contributed by atoms with E-state index in [4.69, 9.17) is 0 Å². The molecule has 0 unspecified atom stereocenters. The van der Waals surface area contributed by atoms with Crippen LogP contribution in [-0.2, 0) is 17.6 Å². The van der Waals surface area contributed by atoms with Crippen LogP contribution in [0.3, 0.4) is 0 Å². The third-order valence-corrected chi connectivity index (χ3v) is 3.78. The zero-order chi connectivity index (χ0) is 14.7. The van der Waals surface area contributed by atoms with Crippen LogP contribution in [0.25, 0.3) is 0 Å². The second kappa shape index (κ2) is 5.52. The number of benzene rings is 2. The van der Waals surface area contributed by atoms with Gasteiger partial charge in [-0.2, -0.15) is 0 Å². The monoisotopic (exact) mass is 278 g/mol. The molecule has 106 valence electrons. The zero-order valence-corrected chi connectivity index (χ0v) is 12.0. The standard InChI is InChI=1S/C18H18N2O/c1-14-19-17(21)18(20-14,12-15-8-4-2-5-9-15)13-16-10-6-3-7-11-16/h2-11H,12-13H2,1H3,(H,19,20,21). The lowest BCUT2D eigenvalue weighted by atomic mass is 9.85. The lowest BCUT2D eigenvalue weighted by molar-refractivity contribution is -0.123. The maximum Gasteiger partial charge on any atom is 0.253 e. The topological polar surface area (TPSA) is 41.5 Å². The largest absolute Gasteiger partial charge is 0.313 e. The highest BCUT2D eigenvalue weighted by Gasteiger charge is 2.42. The molecule has 1 aliphatic heterocycles. The molecule has 3 nitrogen and oxygen atoms in total. The Bertz CT molecular complexity index is 621. The van der Waals surface area contributed by atoms with E-state index in [-0.39, 0.29) is 5.91 Å². The van der Waals surface area contributed by atoms with Gasteiger partial charge in [-0.1, -0.05) is 60.7 Å². The molecular formula is C18H18N2O. The molecule has 2 aromatic rings. The summed E-state index contributed by atoms with van der Waals surface area (Å²) in [6, 6.07) is 20.1. The van der Waals surface area contributed by atoms with E-state index < -0.39 is 5.54 Å². The second-order valence-electron chi connectivity index (χ2n) is 5.51. The Balaban J connectivity index is 1.94. The molecule has 0 atom stereocenters. The number of hydrogen-bond acceptors (Lipinski definition) is 2. The molecule has 0 bridgehead atoms.